The van der Waals surface area contributed by atoms with Gasteiger partial charge in [-0.3, -0.25) is 0 Å². The number of aryl methyl sites for hydroxylation is 2. The van der Waals surface area contributed by atoms with Crippen molar-refractivity contribution in [2.75, 3.05) is 0 Å². The molecular weight excluding hydrogens is 271 g/mol. The van der Waals surface area contributed by atoms with E-state index in [2.05, 4.69) is 50.6 Å². The summed E-state index contributed by atoms with van der Waals surface area (Å²) in [4.78, 5) is 0. The van der Waals surface area contributed by atoms with E-state index in [1.807, 2.05) is 18.2 Å². The molecule has 2 rings (SSSR count). The maximum Gasteiger partial charge on any atom is 1.00 e. The maximum absolute atomic E-state index is 5.90. The van der Waals surface area contributed by atoms with E-state index in [0.29, 0.717) is 0 Å². The summed E-state index contributed by atoms with van der Waals surface area (Å²) in [7, 11) is 0. The molecule has 20 heavy (non-hydrogen) atoms. The van der Waals surface area contributed by atoms with Crippen LogP contribution in [0.15, 0.2) is 48.5 Å². The molecule has 0 bridgehead atoms. The molecule has 0 atom stereocenters. The van der Waals surface area contributed by atoms with E-state index in [1.165, 1.54) is 24.0 Å². The smallest absolute Gasteiger partial charge is 0.457 e. The van der Waals surface area contributed by atoms with Gasteiger partial charge in [0.1, 0.15) is 11.5 Å². The van der Waals surface area contributed by atoms with Crippen LogP contribution in [0.25, 0.3) is 0 Å². The monoisotopic (exact) mass is 292 g/mol. The fourth-order valence-corrected chi connectivity index (χ4v) is 2.09. The van der Waals surface area contributed by atoms with Crippen LogP contribution in [0, 0.1) is 13.3 Å². The minimum absolute atomic E-state index is 0. The molecule has 0 aliphatic carbocycles. The topological polar surface area (TPSA) is 9.23 Å². The molecule has 0 heterocycles. The van der Waals surface area contributed by atoms with Crippen molar-refractivity contribution >= 4 is 0 Å². The summed E-state index contributed by atoms with van der Waals surface area (Å²) in [5.74, 6) is 1.82. The van der Waals surface area contributed by atoms with Gasteiger partial charge in [0.15, 0.2) is 0 Å². The molecule has 0 fully saturated rings. The van der Waals surface area contributed by atoms with E-state index in [9.17, 15) is 0 Å². The predicted octanol–water partition coefficient (Wildman–Crippen LogP) is 2.34. The summed E-state index contributed by atoms with van der Waals surface area (Å²) in [5.41, 5.74) is 2.55. The summed E-state index contributed by atoms with van der Waals surface area (Å²) in [6.07, 6.45) is 5.69. The van der Waals surface area contributed by atoms with Crippen molar-refractivity contribution in [3.63, 3.8) is 0 Å². The number of ether oxygens (including phenoxy) is 1. The first-order valence-electron chi connectivity index (χ1n) is 6.89. The molecule has 2 aromatic rings. The van der Waals surface area contributed by atoms with E-state index in [1.54, 1.807) is 0 Å². The van der Waals surface area contributed by atoms with Crippen LogP contribution in [0.4, 0.5) is 0 Å². The van der Waals surface area contributed by atoms with Crippen molar-refractivity contribution in [3.05, 3.63) is 66.1 Å². The van der Waals surface area contributed by atoms with Gasteiger partial charge in [-0.2, -0.15) is 13.3 Å². The van der Waals surface area contributed by atoms with Crippen LogP contribution >= 0.6 is 0 Å². The number of rotatable bonds is 6. The zero-order chi connectivity index (χ0) is 13.5. The average Bonchev–Trinajstić information content (AvgIpc) is 2.39. The Kier molecular flexibility index (Phi) is 8.74. The first kappa shape index (κ1) is 17.9. The molecule has 0 N–H and O–H groups in total. The van der Waals surface area contributed by atoms with Crippen LogP contribution in [-0.4, -0.2) is 0 Å². The van der Waals surface area contributed by atoms with Crippen LogP contribution in [0.2, 0.25) is 0 Å². The second-order valence-electron chi connectivity index (χ2n) is 4.87. The first-order valence-corrected chi connectivity index (χ1v) is 6.89. The van der Waals surface area contributed by atoms with Crippen molar-refractivity contribution in [2.24, 2.45) is 0 Å². The summed E-state index contributed by atoms with van der Waals surface area (Å²) >= 11 is 0. The predicted molar refractivity (Wildman–Crippen MR) is 80.6 cm³/mol. The van der Waals surface area contributed by atoms with Crippen LogP contribution in [0.3, 0.4) is 0 Å². The van der Waals surface area contributed by atoms with Gasteiger partial charge in [0, 0.05) is 0 Å². The Morgan fingerprint density at radius 3 is 2.40 bits per heavy atom. The fourth-order valence-electron chi connectivity index (χ4n) is 2.09. The molecular formula is C18H21KO. The Hall–Kier alpha value is -0.124. The molecule has 2 heteroatoms. The SMILES string of the molecule is C[CH-]CCCc1cccc(Oc2cccc(C)c2)c1.[K+]. The zero-order valence-corrected chi connectivity index (χ0v) is 15.8. The molecule has 100 valence electrons. The van der Waals surface area contributed by atoms with Crippen LogP contribution < -0.4 is 56.1 Å². The van der Waals surface area contributed by atoms with Crippen LogP contribution in [0.1, 0.15) is 30.9 Å². The van der Waals surface area contributed by atoms with E-state index >= 15 is 0 Å². The Morgan fingerprint density at radius 1 is 1.00 bits per heavy atom. The third-order valence-electron chi connectivity index (χ3n) is 3.08. The molecule has 1 nitrogen and oxygen atoms in total. The third-order valence-corrected chi connectivity index (χ3v) is 3.08. The number of unbranched alkanes of at least 4 members (excludes halogenated alkanes) is 2. The second-order valence-corrected chi connectivity index (χ2v) is 4.87. The largest absolute Gasteiger partial charge is 1.00 e. The van der Waals surface area contributed by atoms with E-state index in [0.717, 1.165) is 17.9 Å². The average molecular weight is 292 g/mol. The minimum atomic E-state index is 0. The molecule has 0 saturated carbocycles. The molecule has 0 aromatic heterocycles. The van der Waals surface area contributed by atoms with Gasteiger partial charge in [-0.1, -0.05) is 30.7 Å². The fraction of sp³-hybridized carbons (Fsp3) is 0.278. The quantitative estimate of drug-likeness (QED) is 0.451. The number of benzene rings is 2. The van der Waals surface area contributed by atoms with Gasteiger partial charge in [0.05, 0.1) is 0 Å². The first-order chi connectivity index (χ1) is 9.28. The molecule has 0 unspecified atom stereocenters. The van der Waals surface area contributed by atoms with Crippen molar-refractivity contribution < 1.29 is 56.1 Å². The molecule has 0 amide bonds. The van der Waals surface area contributed by atoms with E-state index < -0.39 is 0 Å². The second kappa shape index (κ2) is 9.75. The van der Waals surface area contributed by atoms with E-state index in [4.69, 9.17) is 4.74 Å². The summed E-state index contributed by atoms with van der Waals surface area (Å²) in [5, 5.41) is 0. The summed E-state index contributed by atoms with van der Waals surface area (Å²) < 4.78 is 5.90. The Bertz CT molecular complexity index is 522. The Labute approximate surface area is 165 Å². The normalized spacial score (nSPS) is 9.90. The number of hydrogen-bond acceptors (Lipinski definition) is 1. The van der Waals surface area contributed by atoms with Crippen molar-refractivity contribution in [1.29, 1.82) is 0 Å². The van der Waals surface area contributed by atoms with Crippen molar-refractivity contribution in [2.45, 2.75) is 33.1 Å². The molecule has 0 aliphatic rings. The van der Waals surface area contributed by atoms with Crippen molar-refractivity contribution in [3.8, 4) is 11.5 Å². The standard InChI is InChI=1S/C18H21O.K/c1-3-4-5-9-16-10-7-12-18(14-16)19-17-11-6-8-15(2)13-17;/h3,6-8,10-14H,4-5,9H2,1-2H3;/q-1;+1. The molecule has 0 spiro atoms. The van der Waals surface area contributed by atoms with Gasteiger partial charge < -0.3 is 11.2 Å². The zero-order valence-electron chi connectivity index (χ0n) is 12.7. The molecule has 0 saturated heterocycles. The van der Waals surface area contributed by atoms with E-state index in [-0.39, 0.29) is 51.4 Å². The molecule has 2 aromatic carbocycles. The van der Waals surface area contributed by atoms with Gasteiger partial charge in [-0.25, -0.2) is 0 Å². The summed E-state index contributed by atoms with van der Waals surface area (Å²) in [6.45, 7) is 4.18. The molecule has 0 aliphatic heterocycles. The minimum Gasteiger partial charge on any atom is -0.457 e. The summed E-state index contributed by atoms with van der Waals surface area (Å²) in [6, 6.07) is 16.5. The Morgan fingerprint density at radius 2 is 1.70 bits per heavy atom. The van der Waals surface area contributed by atoms with Crippen LogP contribution in [-0.2, 0) is 6.42 Å². The van der Waals surface area contributed by atoms with Gasteiger partial charge in [0.25, 0.3) is 0 Å². The van der Waals surface area contributed by atoms with Crippen LogP contribution in [0.5, 0.6) is 11.5 Å². The number of hydrogen-bond donors (Lipinski definition) is 0. The van der Waals surface area contributed by atoms with Gasteiger partial charge >= 0.3 is 51.4 Å². The Balaban J connectivity index is 0.00000200. The third kappa shape index (κ3) is 6.11. The maximum atomic E-state index is 5.90. The van der Waals surface area contributed by atoms with Gasteiger partial charge in [-0.15, -0.1) is 0 Å². The molecule has 0 radical (unpaired) electrons. The van der Waals surface area contributed by atoms with Gasteiger partial charge in [-0.05, 0) is 48.7 Å². The van der Waals surface area contributed by atoms with Crippen molar-refractivity contribution in [1.82, 2.24) is 0 Å². The van der Waals surface area contributed by atoms with Gasteiger partial charge in [0.2, 0.25) is 0 Å².